The van der Waals surface area contributed by atoms with Gasteiger partial charge in [-0.1, -0.05) is 0 Å². The highest BCUT2D eigenvalue weighted by Crippen LogP contribution is 2.35. The van der Waals surface area contributed by atoms with Gasteiger partial charge in [0.15, 0.2) is 5.65 Å². The molecule has 138 valence electrons. The maximum absolute atomic E-state index is 12.9. The number of aromatic nitrogens is 3. The van der Waals surface area contributed by atoms with Gasteiger partial charge in [-0.05, 0) is 49.4 Å². The molecule has 4 aromatic rings. The van der Waals surface area contributed by atoms with E-state index in [0.29, 0.717) is 22.2 Å². The lowest BCUT2D eigenvalue weighted by molar-refractivity contribution is -0.137. The Bertz CT molecular complexity index is 1200. The number of halogens is 3. The minimum absolute atomic E-state index is 0.136. The molecule has 0 aliphatic carbocycles. The van der Waals surface area contributed by atoms with Crippen molar-refractivity contribution < 1.29 is 23.1 Å². The minimum Gasteiger partial charge on any atom is -0.478 e. The fourth-order valence-corrected chi connectivity index (χ4v) is 3.30. The maximum atomic E-state index is 12.9. The molecule has 0 unspecified atom stereocenters. The zero-order valence-corrected chi connectivity index (χ0v) is 14.4. The summed E-state index contributed by atoms with van der Waals surface area (Å²) in [7, 11) is 1.76. The lowest BCUT2D eigenvalue weighted by atomic mass is 10.1. The van der Waals surface area contributed by atoms with Crippen LogP contribution in [0.15, 0.2) is 42.5 Å². The van der Waals surface area contributed by atoms with Gasteiger partial charge in [0.1, 0.15) is 0 Å². The average molecular weight is 373 g/mol. The van der Waals surface area contributed by atoms with Gasteiger partial charge >= 0.3 is 12.1 Å². The molecule has 5 nitrogen and oxygen atoms in total. The molecule has 0 aliphatic rings. The van der Waals surface area contributed by atoms with Gasteiger partial charge < -0.3 is 5.11 Å². The topological polar surface area (TPSA) is 60.0 Å². The largest absolute Gasteiger partial charge is 0.478 e. The molecule has 0 fully saturated rings. The Morgan fingerprint density at radius 2 is 1.78 bits per heavy atom. The Labute approximate surface area is 151 Å². The van der Waals surface area contributed by atoms with Crippen molar-refractivity contribution in [1.29, 1.82) is 0 Å². The fourth-order valence-electron chi connectivity index (χ4n) is 3.30. The number of carboxylic acid groups (broad SMARTS) is 1. The molecule has 0 bridgehead atoms. The van der Waals surface area contributed by atoms with E-state index in [9.17, 15) is 23.1 Å². The predicted octanol–water partition coefficient (Wildman–Crippen LogP) is 4.54. The van der Waals surface area contributed by atoms with Crippen molar-refractivity contribution in [3.05, 3.63) is 59.3 Å². The molecular formula is C19H14F3N3O2. The van der Waals surface area contributed by atoms with Gasteiger partial charge in [0, 0.05) is 29.2 Å². The van der Waals surface area contributed by atoms with Crippen LogP contribution in [0.3, 0.4) is 0 Å². The number of hydrogen-bond donors (Lipinski definition) is 1. The van der Waals surface area contributed by atoms with Gasteiger partial charge in [0.25, 0.3) is 0 Å². The maximum Gasteiger partial charge on any atom is 0.416 e. The number of alkyl halides is 3. The van der Waals surface area contributed by atoms with Crippen molar-refractivity contribution in [3.8, 4) is 5.69 Å². The normalized spacial score (nSPS) is 12.2. The van der Waals surface area contributed by atoms with Crippen molar-refractivity contribution in [2.75, 3.05) is 0 Å². The Morgan fingerprint density at radius 3 is 2.37 bits per heavy atom. The number of rotatable bonds is 2. The second kappa shape index (κ2) is 5.60. The standard InChI is InChI=1S/C19H14F3N3O2/c1-10-16-14-9-11(18(26)27)3-8-15(14)25(17(16)23-24(10)2)13-6-4-12(5-7-13)19(20,21)22/h3-9H,1-2H3,(H,26,27). The SMILES string of the molecule is Cc1c2c3cc(C(=O)O)ccc3n(-c3ccc(C(F)(F)F)cc3)c2nn1C. The van der Waals surface area contributed by atoms with E-state index < -0.39 is 17.7 Å². The summed E-state index contributed by atoms with van der Waals surface area (Å²) in [4.78, 5) is 11.3. The summed E-state index contributed by atoms with van der Waals surface area (Å²) in [6.45, 7) is 1.86. The highest BCUT2D eigenvalue weighted by molar-refractivity contribution is 6.11. The van der Waals surface area contributed by atoms with Crippen LogP contribution in [0.5, 0.6) is 0 Å². The zero-order chi connectivity index (χ0) is 19.5. The quantitative estimate of drug-likeness (QED) is 0.561. The minimum atomic E-state index is -4.41. The first-order valence-electron chi connectivity index (χ1n) is 8.07. The number of benzene rings is 2. The van der Waals surface area contributed by atoms with Gasteiger partial charge in [-0.2, -0.15) is 18.3 Å². The molecule has 27 heavy (non-hydrogen) atoms. The summed E-state index contributed by atoms with van der Waals surface area (Å²) in [5, 5.41) is 15.2. The third kappa shape index (κ3) is 2.56. The molecule has 0 amide bonds. The van der Waals surface area contributed by atoms with Crippen LogP contribution in [0.1, 0.15) is 21.6 Å². The Morgan fingerprint density at radius 1 is 1.11 bits per heavy atom. The van der Waals surface area contributed by atoms with Crippen molar-refractivity contribution >= 4 is 27.9 Å². The Hall–Kier alpha value is -3.29. The van der Waals surface area contributed by atoms with Crippen LogP contribution in [0.2, 0.25) is 0 Å². The Kier molecular flexibility index (Phi) is 3.56. The lowest BCUT2D eigenvalue weighted by Gasteiger charge is -2.10. The number of aromatic carboxylic acids is 1. The first kappa shape index (κ1) is 17.1. The highest BCUT2D eigenvalue weighted by atomic mass is 19.4. The summed E-state index contributed by atoms with van der Waals surface area (Å²) >= 11 is 0. The molecule has 1 N–H and O–H groups in total. The molecule has 0 spiro atoms. The molecule has 0 atom stereocenters. The molecule has 8 heteroatoms. The second-order valence-electron chi connectivity index (χ2n) is 6.32. The number of carboxylic acids is 1. The number of nitrogens with zero attached hydrogens (tertiary/aromatic N) is 3. The number of fused-ring (bicyclic) bond motifs is 3. The van der Waals surface area contributed by atoms with Gasteiger partial charge in [0.05, 0.1) is 16.6 Å². The van der Waals surface area contributed by atoms with Crippen molar-refractivity contribution in [2.45, 2.75) is 13.1 Å². The van der Waals surface area contributed by atoms with Gasteiger partial charge in [-0.25, -0.2) is 4.79 Å². The third-order valence-electron chi connectivity index (χ3n) is 4.73. The van der Waals surface area contributed by atoms with E-state index in [1.807, 2.05) is 6.92 Å². The van der Waals surface area contributed by atoms with E-state index in [4.69, 9.17) is 0 Å². The smallest absolute Gasteiger partial charge is 0.416 e. The van der Waals surface area contributed by atoms with Crippen molar-refractivity contribution in [1.82, 2.24) is 14.3 Å². The molecule has 2 aromatic carbocycles. The Balaban J connectivity index is 2.04. The van der Waals surface area contributed by atoms with E-state index in [1.54, 1.807) is 28.4 Å². The van der Waals surface area contributed by atoms with Crippen LogP contribution in [-0.2, 0) is 13.2 Å². The molecule has 0 radical (unpaired) electrons. The predicted molar refractivity (Wildman–Crippen MR) is 94.2 cm³/mol. The molecule has 2 aromatic heterocycles. The van der Waals surface area contributed by atoms with Gasteiger partial charge in [-0.15, -0.1) is 0 Å². The van der Waals surface area contributed by atoms with Crippen LogP contribution in [0.25, 0.3) is 27.6 Å². The second-order valence-corrected chi connectivity index (χ2v) is 6.32. The van der Waals surface area contributed by atoms with E-state index >= 15 is 0 Å². The molecular weight excluding hydrogens is 359 g/mol. The molecule has 4 rings (SSSR count). The van der Waals surface area contributed by atoms with E-state index in [1.165, 1.54) is 18.2 Å². The van der Waals surface area contributed by atoms with E-state index in [0.717, 1.165) is 23.2 Å². The molecule has 0 saturated heterocycles. The summed E-state index contributed by atoms with van der Waals surface area (Å²) in [5.41, 5.74) is 2.00. The first-order chi connectivity index (χ1) is 12.7. The summed E-state index contributed by atoms with van der Waals surface area (Å²) < 4.78 is 42.0. The van der Waals surface area contributed by atoms with Gasteiger partial charge in [0.2, 0.25) is 0 Å². The van der Waals surface area contributed by atoms with Crippen LogP contribution in [0.4, 0.5) is 13.2 Å². The monoisotopic (exact) mass is 373 g/mol. The number of carbonyl (C=O) groups is 1. The van der Waals surface area contributed by atoms with Crippen LogP contribution in [0, 0.1) is 6.92 Å². The van der Waals surface area contributed by atoms with E-state index in [-0.39, 0.29) is 5.56 Å². The number of aryl methyl sites for hydroxylation is 2. The fraction of sp³-hybridized carbons (Fsp3) is 0.158. The van der Waals surface area contributed by atoms with Crippen LogP contribution in [-0.4, -0.2) is 25.4 Å². The third-order valence-corrected chi connectivity index (χ3v) is 4.73. The van der Waals surface area contributed by atoms with Crippen LogP contribution >= 0.6 is 0 Å². The summed E-state index contributed by atoms with van der Waals surface area (Å²) in [5.74, 6) is -1.05. The highest BCUT2D eigenvalue weighted by Gasteiger charge is 2.30. The average Bonchev–Trinajstić information content (AvgIpc) is 3.07. The molecule has 0 saturated carbocycles. The first-order valence-corrected chi connectivity index (χ1v) is 8.07. The number of hydrogen-bond acceptors (Lipinski definition) is 2. The molecule has 0 aliphatic heterocycles. The van der Waals surface area contributed by atoms with E-state index in [2.05, 4.69) is 5.10 Å². The lowest BCUT2D eigenvalue weighted by Crippen LogP contribution is -2.05. The van der Waals surface area contributed by atoms with Gasteiger partial charge in [-0.3, -0.25) is 9.25 Å². The molecule has 2 heterocycles. The zero-order valence-electron chi connectivity index (χ0n) is 14.4. The van der Waals surface area contributed by atoms with Crippen molar-refractivity contribution in [3.63, 3.8) is 0 Å². The summed E-state index contributed by atoms with van der Waals surface area (Å²) in [6.07, 6.45) is -4.41. The summed E-state index contributed by atoms with van der Waals surface area (Å²) in [6, 6.07) is 9.50. The van der Waals surface area contributed by atoms with Crippen LogP contribution < -0.4 is 0 Å². The van der Waals surface area contributed by atoms with Crippen molar-refractivity contribution in [2.24, 2.45) is 7.05 Å².